The van der Waals surface area contributed by atoms with Crippen molar-refractivity contribution < 1.29 is 9.59 Å². The van der Waals surface area contributed by atoms with Gasteiger partial charge in [-0.05, 0) is 38.5 Å². The molecule has 1 aromatic heterocycles. The summed E-state index contributed by atoms with van der Waals surface area (Å²) in [5, 5.41) is 13.9. The standard InChI is InChI=1S/C17H27N5O2/c1-17(2,3)15(24)19-12-6-4-11(5-7-12)14(23)20-16-21-18-10-22(16)13-8-9-13/h10-13H,4-9H2,1-3H3,(H,19,24)(H,20,21,23). The molecule has 2 saturated carbocycles. The number of amides is 2. The molecule has 0 radical (unpaired) electrons. The van der Waals surface area contributed by atoms with Gasteiger partial charge in [-0.15, -0.1) is 10.2 Å². The van der Waals surface area contributed by atoms with Crippen LogP contribution in [0.3, 0.4) is 0 Å². The number of hydrogen-bond acceptors (Lipinski definition) is 4. The molecule has 3 rings (SSSR count). The lowest BCUT2D eigenvalue weighted by Crippen LogP contribution is -2.44. The van der Waals surface area contributed by atoms with Gasteiger partial charge in [0.15, 0.2) is 0 Å². The van der Waals surface area contributed by atoms with E-state index in [-0.39, 0.29) is 29.2 Å². The first-order valence-corrected chi connectivity index (χ1v) is 8.86. The third kappa shape index (κ3) is 3.94. The molecular weight excluding hydrogens is 306 g/mol. The summed E-state index contributed by atoms with van der Waals surface area (Å²) >= 11 is 0. The molecule has 2 amide bonds. The number of hydrogen-bond donors (Lipinski definition) is 2. The van der Waals surface area contributed by atoms with Crippen molar-refractivity contribution in [3.8, 4) is 0 Å². The van der Waals surface area contributed by atoms with Crippen LogP contribution < -0.4 is 10.6 Å². The van der Waals surface area contributed by atoms with Crippen molar-refractivity contribution in [1.82, 2.24) is 20.1 Å². The van der Waals surface area contributed by atoms with Gasteiger partial charge in [-0.25, -0.2) is 0 Å². The summed E-state index contributed by atoms with van der Waals surface area (Å²) in [6.07, 6.45) is 7.20. The third-order valence-corrected chi connectivity index (χ3v) is 4.86. The molecule has 2 N–H and O–H groups in total. The topological polar surface area (TPSA) is 88.9 Å². The number of aromatic nitrogens is 3. The fraction of sp³-hybridized carbons (Fsp3) is 0.765. The van der Waals surface area contributed by atoms with Crippen LogP contribution in [0.4, 0.5) is 5.95 Å². The normalized spacial score (nSPS) is 24.5. The maximum absolute atomic E-state index is 12.5. The summed E-state index contributed by atoms with van der Waals surface area (Å²) in [6, 6.07) is 0.620. The Kier molecular flexibility index (Phi) is 4.60. The SMILES string of the molecule is CC(C)(C)C(=O)NC1CCC(C(=O)Nc2nncn2C2CC2)CC1. The van der Waals surface area contributed by atoms with Crippen molar-refractivity contribution >= 4 is 17.8 Å². The average molecular weight is 333 g/mol. The van der Waals surface area contributed by atoms with Crippen LogP contribution in [0, 0.1) is 11.3 Å². The summed E-state index contributed by atoms with van der Waals surface area (Å²) in [4.78, 5) is 24.5. The van der Waals surface area contributed by atoms with Crippen molar-refractivity contribution in [3.63, 3.8) is 0 Å². The van der Waals surface area contributed by atoms with Crippen molar-refractivity contribution in [1.29, 1.82) is 0 Å². The molecule has 132 valence electrons. The second-order valence-corrected chi connectivity index (χ2v) is 8.05. The van der Waals surface area contributed by atoms with Crippen molar-refractivity contribution in [3.05, 3.63) is 6.33 Å². The van der Waals surface area contributed by atoms with E-state index < -0.39 is 0 Å². The quantitative estimate of drug-likeness (QED) is 0.884. The first kappa shape index (κ1) is 16.9. The van der Waals surface area contributed by atoms with Crippen LogP contribution in [0.15, 0.2) is 6.33 Å². The maximum Gasteiger partial charge on any atom is 0.231 e. The predicted octanol–water partition coefficient (Wildman–Crippen LogP) is 2.27. The molecule has 7 heteroatoms. The molecule has 1 aromatic rings. The summed E-state index contributed by atoms with van der Waals surface area (Å²) in [5.41, 5.74) is -0.374. The largest absolute Gasteiger partial charge is 0.353 e. The van der Waals surface area contributed by atoms with Gasteiger partial charge in [0, 0.05) is 23.4 Å². The molecule has 0 aliphatic heterocycles. The Balaban J connectivity index is 1.48. The Hall–Kier alpha value is -1.92. The van der Waals surface area contributed by atoms with Gasteiger partial charge in [0.1, 0.15) is 6.33 Å². The molecule has 0 unspecified atom stereocenters. The highest BCUT2D eigenvalue weighted by Gasteiger charge is 2.31. The first-order chi connectivity index (χ1) is 11.3. The zero-order valence-corrected chi connectivity index (χ0v) is 14.7. The number of nitrogens with zero attached hydrogens (tertiary/aromatic N) is 3. The van der Waals surface area contributed by atoms with Crippen LogP contribution in [-0.4, -0.2) is 32.6 Å². The molecule has 7 nitrogen and oxygen atoms in total. The molecule has 1 heterocycles. The van der Waals surface area contributed by atoms with E-state index in [1.54, 1.807) is 6.33 Å². The van der Waals surface area contributed by atoms with Crippen LogP contribution in [0.5, 0.6) is 0 Å². The minimum atomic E-state index is -0.374. The van der Waals surface area contributed by atoms with Gasteiger partial charge in [-0.1, -0.05) is 20.8 Å². The molecule has 2 fully saturated rings. The number of anilines is 1. The second-order valence-electron chi connectivity index (χ2n) is 8.05. The van der Waals surface area contributed by atoms with Crippen molar-refractivity contribution in [2.75, 3.05) is 5.32 Å². The summed E-state index contributed by atoms with van der Waals surface area (Å²) in [7, 11) is 0. The van der Waals surface area contributed by atoms with E-state index in [0.717, 1.165) is 38.5 Å². The Morgan fingerprint density at radius 3 is 2.38 bits per heavy atom. The lowest BCUT2D eigenvalue weighted by Gasteiger charge is -2.30. The Bertz CT molecular complexity index is 607. The van der Waals surface area contributed by atoms with Crippen LogP contribution in [0.2, 0.25) is 0 Å². The third-order valence-electron chi connectivity index (χ3n) is 4.86. The molecule has 2 aliphatic rings. The molecule has 0 saturated heterocycles. The van der Waals surface area contributed by atoms with Crippen LogP contribution >= 0.6 is 0 Å². The van der Waals surface area contributed by atoms with E-state index in [9.17, 15) is 9.59 Å². The molecule has 0 spiro atoms. The Labute approximate surface area is 142 Å². The summed E-state index contributed by atoms with van der Waals surface area (Å²) in [5.74, 6) is 0.640. The van der Waals surface area contributed by atoms with Gasteiger partial charge in [0.2, 0.25) is 17.8 Å². The van der Waals surface area contributed by atoms with E-state index in [4.69, 9.17) is 0 Å². The van der Waals surface area contributed by atoms with Gasteiger partial charge >= 0.3 is 0 Å². The Morgan fingerprint density at radius 2 is 1.79 bits per heavy atom. The number of carbonyl (C=O) groups is 2. The minimum Gasteiger partial charge on any atom is -0.353 e. The molecule has 2 aliphatic carbocycles. The molecule has 0 aromatic carbocycles. The number of carbonyl (C=O) groups excluding carboxylic acids is 2. The fourth-order valence-electron chi connectivity index (χ4n) is 3.07. The lowest BCUT2D eigenvalue weighted by molar-refractivity contribution is -0.129. The van der Waals surface area contributed by atoms with Crippen LogP contribution in [0.25, 0.3) is 0 Å². The number of rotatable bonds is 4. The van der Waals surface area contributed by atoms with Gasteiger partial charge < -0.3 is 5.32 Å². The summed E-state index contributed by atoms with van der Waals surface area (Å²) < 4.78 is 1.95. The van der Waals surface area contributed by atoms with Gasteiger partial charge in [0.25, 0.3) is 0 Å². The maximum atomic E-state index is 12.5. The Morgan fingerprint density at radius 1 is 1.12 bits per heavy atom. The molecule has 0 atom stereocenters. The fourth-order valence-corrected chi connectivity index (χ4v) is 3.07. The second kappa shape index (κ2) is 6.53. The van der Waals surface area contributed by atoms with E-state index in [0.29, 0.717) is 12.0 Å². The highest BCUT2D eigenvalue weighted by Crippen LogP contribution is 2.36. The average Bonchev–Trinajstić information content (AvgIpc) is 3.27. The highest BCUT2D eigenvalue weighted by molar-refractivity contribution is 5.91. The molecule has 0 bridgehead atoms. The van der Waals surface area contributed by atoms with Crippen molar-refractivity contribution in [2.24, 2.45) is 11.3 Å². The minimum absolute atomic E-state index is 0.0165. The van der Waals surface area contributed by atoms with Crippen molar-refractivity contribution in [2.45, 2.75) is 71.4 Å². The van der Waals surface area contributed by atoms with E-state index in [2.05, 4.69) is 20.8 Å². The van der Waals surface area contributed by atoms with E-state index in [1.165, 1.54) is 0 Å². The molecule has 24 heavy (non-hydrogen) atoms. The summed E-state index contributed by atoms with van der Waals surface area (Å²) in [6.45, 7) is 5.74. The van der Waals surface area contributed by atoms with E-state index >= 15 is 0 Å². The van der Waals surface area contributed by atoms with Gasteiger partial charge in [-0.3, -0.25) is 19.5 Å². The van der Waals surface area contributed by atoms with E-state index in [1.807, 2.05) is 25.3 Å². The zero-order chi connectivity index (χ0) is 17.3. The van der Waals surface area contributed by atoms with Crippen LogP contribution in [-0.2, 0) is 9.59 Å². The lowest BCUT2D eigenvalue weighted by atomic mass is 9.84. The van der Waals surface area contributed by atoms with Crippen LogP contribution in [0.1, 0.15) is 65.3 Å². The van der Waals surface area contributed by atoms with Gasteiger partial charge in [-0.2, -0.15) is 0 Å². The first-order valence-electron chi connectivity index (χ1n) is 8.86. The monoisotopic (exact) mass is 333 g/mol. The smallest absolute Gasteiger partial charge is 0.231 e. The predicted molar refractivity (Wildman–Crippen MR) is 90.3 cm³/mol. The molecular formula is C17H27N5O2. The zero-order valence-electron chi connectivity index (χ0n) is 14.7. The number of nitrogens with one attached hydrogen (secondary N) is 2. The van der Waals surface area contributed by atoms with Gasteiger partial charge in [0.05, 0.1) is 0 Å². The highest BCUT2D eigenvalue weighted by atomic mass is 16.2.